The number of benzene rings is 2. The zero-order valence-electron chi connectivity index (χ0n) is 12.4. The molecule has 0 radical (unpaired) electrons. The SMILES string of the molecule is COCCC(NC(=O)Cc1cccc2ccccc12)C(=O)O. The fourth-order valence-corrected chi connectivity index (χ4v) is 2.36. The predicted octanol–water partition coefficient (Wildman–Crippen LogP) is 1.99. The fourth-order valence-electron chi connectivity index (χ4n) is 2.36. The van der Waals surface area contributed by atoms with E-state index in [0.29, 0.717) is 0 Å². The standard InChI is InChI=1S/C17H19NO4/c1-22-10-9-15(17(20)21)18-16(19)11-13-7-4-6-12-5-2-3-8-14(12)13/h2-8,15H,9-11H2,1H3,(H,18,19)(H,20,21). The molecule has 0 aromatic heterocycles. The Hall–Kier alpha value is -2.40. The van der Waals surface area contributed by atoms with Crippen LogP contribution in [0.2, 0.25) is 0 Å². The minimum atomic E-state index is -1.05. The number of carbonyl (C=O) groups excluding carboxylic acids is 1. The number of hydrogen-bond acceptors (Lipinski definition) is 3. The van der Waals surface area contributed by atoms with E-state index in [0.717, 1.165) is 16.3 Å². The molecule has 22 heavy (non-hydrogen) atoms. The molecule has 116 valence electrons. The van der Waals surface area contributed by atoms with Crippen LogP contribution in [0.1, 0.15) is 12.0 Å². The summed E-state index contributed by atoms with van der Waals surface area (Å²) in [5.74, 6) is -1.36. The molecule has 2 aromatic rings. The van der Waals surface area contributed by atoms with Crippen molar-refractivity contribution in [2.75, 3.05) is 13.7 Å². The van der Waals surface area contributed by atoms with Crippen molar-refractivity contribution in [1.29, 1.82) is 0 Å². The van der Waals surface area contributed by atoms with Gasteiger partial charge in [-0.05, 0) is 16.3 Å². The molecular formula is C17H19NO4. The van der Waals surface area contributed by atoms with E-state index in [1.165, 1.54) is 7.11 Å². The number of rotatable bonds is 7. The van der Waals surface area contributed by atoms with Crippen LogP contribution in [0.4, 0.5) is 0 Å². The summed E-state index contributed by atoms with van der Waals surface area (Å²) in [6.45, 7) is 0.283. The van der Waals surface area contributed by atoms with E-state index in [1.807, 2.05) is 42.5 Å². The summed E-state index contributed by atoms with van der Waals surface area (Å²) < 4.78 is 4.87. The van der Waals surface area contributed by atoms with E-state index in [9.17, 15) is 9.59 Å². The summed E-state index contributed by atoms with van der Waals surface area (Å²) in [6, 6.07) is 12.6. The van der Waals surface area contributed by atoms with Gasteiger partial charge in [-0.25, -0.2) is 4.79 Å². The summed E-state index contributed by atoms with van der Waals surface area (Å²) in [4.78, 5) is 23.3. The maximum absolute atomic E-state index is 12.1. The lowest BCUT2D eigenvalue weighted by Gasteiger charge is -2.14. The highest BCUT2D eigenvalue weighted by Gasteiger charge is 2.19. The molecule has 2 N–H and O–H groups in total. The Morgan fingerprint density at radius 1 is 1.18 bits per heavy atom. The Bertz CT molecular complexity index is 663. The maximum atomic E-state index is 12.1. The van der Waals surface area contributed by atoms with Crippen LogP contribution in [0.5, 0.6) is 0 Å². The van der Waals surface area contributed by atoms with Crippen molar-refractivity contribution in [2.24, 2.45) is 0 Å². The Kier molecular flexibility index (Phi) is 5.49. The number of carboxylic acid groups (broad SMARTS) is 1. The Morgan fingerprint density at radius 2 is 1.91 bits per heavy atom. The highest BCUT2D eigenvalue weighted by Crippen LogP contribution is 2.18. The normalized spacial score (nSPS) is 12.0. The number of methoxy groups -OCH3 is 1. The average molecular weight is 301 g/mol. The molecule has 2 aromatic carbocycles. The third-order valence-electron chi connectivity index (χ3n) is 3.47. The molecule has 0 aliphatic carbocycles. The van der Waals surface area contributed by atoms with Crippen LogP contribution < -0.4 is 5.32 Å². The first kappa shape index (κ1) is 16.0. The summed E-state index contributed by atoms with van der Waals surface area (Å²) in [5.41, 5.74) is 0.881. The molecule has 0 spiro atoms. The zero-order chi connectivity index (χ0) is 15.9. The first-order valence-electron chi connectivity index (χ1n) is 7.09. The van der Waals surface area contributed by atoms with Gasteiger partial charge < -0.3 is 15.2 Å². The summed E-state index contributed by atoms with van der Waals surface area (Å²) in [5, 5.41) is 13.7. The van der Waals surface area contributed by atoms with Gasteiger partial charge in [0.15, 0.2) is 0 Å². The van der Waals surface area contributed by atoms with Gasteiger partial charge in [0.05, 0.1) is 6.42 Å². The van der Waals surface area contributed by atoms with Crippen molar-refractivity contribution in [3.63, 3.8) is 0 Å². The van der Waals surface area contributed by atoms with Gasteiger partial charge in [0.25, 0.3) is 0 Å². The topological polar surface area (TPSA) is 75.6 Å². The number of carboxylic acids is 1. The minimum Gasteiger partial charge on any atom is -0.480 e. The highest BCUT2D eigenvalue weighted by molar-refractivity contribution is 5.91. The van der Waals surface area contributed by atoms with Crippen molar-refractivity contribution in [3.8, 4) is 0 Å². The molecule has 2 rings (SSSR count). The number of nitrogens with one attached hydrogen (secondary N) is 1. The van der Waals surface area contributed by atoms with E-state index in [2.05, 4.69) is 5.32 Å². The Morgan fingerprint density at radius 3 is 2.64 bits per heavy atom. The van der Waals surface area contributed by atoms with Crippen LogP contribution in [0, 0.1) is 0 Å². The van der Waals surface area contributed by atoms with Crippen molar-refractivity contribution >= 4 is 22.6 Å². The molecule has 0 aliphatic heterocycles. The molecule has 0 bridgehead atoms. The van der Waals surface area contributed by atoms with Crippen LogP contribution in [-0.2, 0) is 20.7 Å². The van der Waals surface area contributed by atoms with Gasteiger partial charge >= 0.3 is 5.97 Å². The van der Waals surface area contributed by atoms with Crippen molar-refractivity contribution < 1.29 is 19.4 Å². The van der Waals surface area contributed by atoms with E-state index in [1.54, 1.807) is 0 Å². The lowest BCUT2D eigenvalue weighted by Crippen LogP contribution is -2.42. The van der Waals surface area contributed by atoms with Crippen molar-refractivity contribution in [1.82, 2.24) is 5.32 Å². The average Bonchev–Trinajstić information content (AvgIpc) is 2.51. The fraction of sp³-hybridized carbons (Fsp3) is 0.294. The van der Waals surface area contributed by atoms with Crippen LogP contribution >= 0.6 is 0 Å². The summed E-state index contributed by atoms with van der Waals surface area (Å²) in [6.07, 6.45) is 0.394. The third-order valence-corrected chi connectivity index (χ3v) is 3.47. The van der Waals surface area contributed by atoms with Gasteiger partial charge in [0, 0.05) is 20.1 Å². The molecule has 0 fully saturated rings. The number of fused-ring (bicyclic) bond motifs is 1. The molecule has 1 amide bonds. The molecule has 0 heterocycles. The molecule has 5 nitrogen and oxygen atoms in total. The molecule has 5 heteroatoms. The largest absolute Gasteiger partial charge is 0.480 e. The quantitative estimate of drug-likeness (QED) is 0.820. The summed E-state index contributed by atoms with van der Waals surface area (Å²) >= 11 is 0. The number of ether oxygens (including phenoxy) is 1. The number of amides is 1. The molecule has 0 saturated carbocycles. The second-order valence-corrected chi connectivity index (χ2v) is 5.05. The van der Waals surface area contributed by atoms with E-state index < -0.39 is 12.0 Å². The van der Waals surface area contributed by atoms with E-state index in [-0.39, 0.29) is 25.4 Å². The van der Waals surface area contributed by atoms with Crippen LogP contribution in [-0.4, -0.2) is 36.7 Å². The van der Waals surface area contributed by atoms with Crippen LogP contribution in [0.25, 0.3) is 10.8 Å². The van der Waals surface area contributed by atoms with E-state index >= 15 is 0 Å². The van der Waals surface area contributed by atoms with Gasteiger partial charge in [-0.15, -0.1) is 0 Å². The molecule has 1 unspecified atom stereocenters. The lowest BCUT2D eigenvalue weighted by atomic mass is 10.0. The molecule has 1 atom stereocenters. The molecular weight excluding hydrogens is 282 g/mol. The third kappa shape index (κ3) is 4.05. The van der Waals surface area contributed by atoms with Gasteiger partial charge in [-0.3, -0.25) is 4.79 Å². The number of carbonyl (C=O) groups is 2. The van der Waals surface area contributed by atoms with Gasteiger partial charge in [-0.1, -0.05) is 42.5 Å². The van der Waals surface area contributed by atoms with Crippen molar-refractivity contribution in [3.05, 3.63) is 48.0 Å². The zero-order valence-corrected chi connectivity index (χ0v) is 12.4. The van der Waals surface area contributed by atoms with Crippen molar-refractivity contribution in [2.45, 2.75) is 18.9 Å². The Balaban J connectivity index is 2.08. The summed E-state index contributed by atoms with van der Waals surface area (Å²) in [7, 11) is 1.50. The first-order valence-corrected chi connectivity index (χ1v) is 7.09. The second kappa shape index (κ2) is 7.56. The predicted molar refractivity (Wildman–Crippen MR) is 83.7 cm³/mol. The Labute approximate surface area is 128 Å². The minimum absolute atomic E-state index is 0.151. The van der Waals surface area contributed by atoms with Crippen LogP contribution in [0.3, 0.4) is 0 Å². The highest BCUT2D eigenvalue weighted by atomic mass is 16.5. The van der Waals surface area contributed by atoms with Crippen LogP contribution in [0.15, 0.2) is 42.5 Å². The monoisotopic (exact) mass is 301 g/mol. The van der Waals surface area contributed by atoms with E-state index in [4.69, 9.17) is 9.84 Å². The smallest absolute Gasteiger partial charge is 0.326 e. The van der Waals surface area contributed by atoms with Gasteiger partial charge in [0.2, 0.25) is 5.91 Å². The molecule has 0 saturated heterocycles. The van der Waals surface area contributed by atoms with Gasteiger partial charge in [0.1, 0.15) is 6.04 Å². The number of hydrogen-bond donors (Lipinski definition) is 2. The number of aliphatic carboxylic acids is 1. The second-order valence-electron chi connectivity index (χ2n) is 5.05. The molecule has 0 aliphatic rings. The lowest BCUT2D eigenvalue weighted by molar-refractivity contribution is -0.142. The van der Waals surface area contributed by atoms with Gasteiger partial charge in [-0.2, -0.15) is 0 Å². The first-order chi connectivity index (χ1) is 10.6. The maximum Gasteiger partial charge on any atom is 0.326 e.